The van der Waals surface area contributed by atoms with Crippen LogP contribution >= 0.6 is 0 Å². The van der Waals surface area contributed by atoms with Gasteiger partial charge in [-0.05, 0) is 43.0 Å². The summed E-state index contributed by atoms with van der Waals surface area (Å²) in [6.45, 7) is 5.69. The van der Waals surface area contributed by atoms with Crippen molar-refractivity contribution in [3.63, 3.8) is 0 Å². The number of nitrogens with zero attached hydrogens (tertiary/aromatic N) is 1. The number of carbonyl (C=O) groups excluding carboxylic acids is 1. The highest BCUT2D eigenvalue weighted by atomic mass is 16.5. The van der Waals surface area contributed by atoms with E-state index in [1.54, 1.807) is 12.1 Å². The molecule has 2 aromatic carbocycles. The van der Waals surface area contributed by atoms with E-state index >= 15 is 0 Å². The highest BCUT2D eigenvalue weighted by molar-refractivity contribution is 6.02. The molecule has 0 saturated heterocycles. The second kappa shape index (κ2) is 12.2. The van der Waals surface area contributed by atoms with Crippen molar-refractivity contribution in [1.29, 1.82) is 5.26 Å². The Labute approximate surface area is 173 Å². The molecule has 0 radical (unpaired) electrons. The fraction of sp³-hybridized carbons (Fsp3) is 0.333. The van der Waals surface area contributed by atoms with E-state index in [2.05, 4.69) is 5.32 Å². The molecule has 0 aromatic heterocycles. The molecule has 0 spiro atoms. The zero-order valence-electron chi connectivity index (χ0n) is 17.1. The van der Waals surface area contributed by atoms with Crippen LogP contribution in [0.15, 0.2) is 54.1 Å². The molecule has 0 fully saturated rings. The maximum atomic E-state index is 12.4. The molecule has 0 saturated carbocycles. The predicted octanol–water partition coefficient (Wildman–Crippen LogP) is 4.53. The average Bonchev–Trinajstić information content (AvgIpc) is 2.75. The molecule has 1 N–H and O–H groups in total. The van der Waals surface area contributed by atoms with Gasteiger partial charge in [-0.2, -0.15) is 5.26 Å². The topological polar surface area (TPSA) is 71.3 Å². The van der Waals surface area contributed by atoms with Crippen molar-refractivity contribution in [2.24, 2.45) is 0 Å². The van der Waals surface area contributed by atoms with Gasteiger partial charge in [-0.25, -0.2) is 0 Å². The van der Waals surface area contributed by atoms with Crippen LogP contribution < -0.4 is 14.8 Å². The molecule has 0 aliphatic rings. The van der Waals surface area contributed by atoms with Gasteiger partial charge in [0.25, 0.3) is 5.91 Å². The SMILES string of the molecule is CCCOc1ccc(C=C(C#N)C(=O)NCCc2ccccc2)c(OCCC)c1. The number of rotatable bonds is 11. The van der Waals surface area contributed by atoms with E-state index in [4.69, 9.17) is 9.47 Å². The first kappa shape index (κ1) is 22.0. The van der Waals surface area contributed by atoms with Crippen LogP contribution in [0.1, 0.15) is 37.8 Å². The molecule has 0 aliphatic carbocycles. The highest BCUT2D eigenvalue weighted by Gasteiger charge is 2.12. The Hall–Kier alpha value is -3.26. The second-order valence-electron chi connectivity index (χ2n) is 6.56. The van der Waals surface area contributed by atoms with Gasteiger partial charge in [0.05, 0.1) is 13.2 Å². The molecule has 0 unspecified atom stereocenters. The van der Waals surface area contributed by atoms with E-state index in [-0.39, 0.29) is 5.57 Å². The monoisotopic (exact) mass is 392 g/mol. The lowest BCUT2D eigenvalue weighted by Crippen LogP contribution is -2.26. The largest absolute Gasteiger partial charge is 0.493 e. The summed E-state index contributed by atoms with van der Waals surface area (Å²) in [7, 11) is 0. The fourth-order valence-corrected chi connectivity index (χ4v) is 2.65. The normalized spacial score (nSPS) is 10.9. The zero-order chi connectivity index (χ0) is 20.9. The Morgan fingerprint density at radius 1 is 1.07 bits per heavy atom. The van der Waals surface area contributed by atoms with Crippen LogP contribution in [0.4, 0.5) is 0 Å². The average molecular weight is 392 g/mol. The molecule has 2 rings (SSSR count). The molecule has 0 heterocycles. The minimum atomic E-state index is -0.392. The Kier molecular flexibility index (Phi) is 9.31. The van der Waals surface area contributed by atoms with E-state index in [0.29, 0.717) is 43.2 Å². The van der Waals surface area contributed by atoms with Gasteiger partial charge < -0.3 is 14.8 Å². The molecule has 0 aliphatic heterocycles. The molecule has 152 valence electrons. The van der Waals surface area contributed by atoms with Crippen molar-refractivity contribution in [2.45, 2.75) is 33.1 Å². The number of nitrogens with one attached hydrogen (secondary N) is 1. The van der Waals surface area contributed by atoms with Crippen LogP contribution in [0, 0.1) is 11.3 Å². The molecular formula is C24H28N2O3. The van der Waals surface area contributed by atoms with E-state index < -0.39 is 5.91 Å². The molecule has 5 heteroatoms. The lowest BCUT2D eigenvalue weighted by molar-refractivity contribution is -0.117. The first-order valence-corrected chi connectivity index (χ1v) is 10.0. The third-order valence-electron chi connectivity index (χ3n) is 4.13. The number of carbonyl (C=O) groups is 1. The molecule has 1 amide bonds. The van der Waals surface area contributed by atoms with Gasteiger partial charge in [0.2, 0.25) is 0 Å². The van der Waals surface area contributed by atoms with Crippen LogP contribution in [-0.2, 0) is 11.2 Å². The van der Waals surface area contributed by atoms with Crippen LogP contribution in [0.25, 0.3) is 6.08 Å². The minimum absolute atomic E-state index is 0.0432. The van der Waals surface area contributed by atoms with Crippen LogP contribution in [0.5, 0.6) is 11.5 Å². The number of nitriles is 1. The first-order valence-electron chi connectivity index (χ1n) is 10.0. The minimum Gasteiger partial charge on any atom is -0.493 e. The van der Waals surface area contributed by atoms with Gasteiger partial charge in [0.15, 0.2) is 0 Å². The molecule has 29 heavy (non-hydrogen) atoms. The van der Waals surface area contributed by atoms with E-state index in [1.165, 1.54) is 0 Å². The van der Waals surface area contributed by atoms with Crippen LogP contribution in [-0.4, -0.2) is 25.7 Å². The maximum absolute atomic E-state index is 12.4. The quantitative estimate of drug-likeness (QED) is 0.450. The summed E-state index contributed by atoms with van der Waals surface area (Å²) in [6.07, 6.45) is 4.04. The van der Waals surface area contributed by atoms with Crippen LogP contribution in [0.2, 0.25) is 0 Å². The molecule has 0 atom stereocenters. The summed E-state index contributed by atoms with van der Waals surface area (Å²) in [4.78, 5) is 12.4. The molecule has 0 bridgehead atoms. The van der Waals surface area contributed by atoms with Gasteiger partial charge in [-0.3, -0.25) is 4.79 Å². The van der Waals surface area contributed by atoms with Gasteiger partial charge in [0, 0.05) is 18.2 Å². The van der Waals surface area contributed by atoms with E-state index in [9.17, 15) is 10.1 Å². The summed E-state index contributed by atoms with van der Waals surface area (Å²) in [5.74, 6) is 0.919. The summed E-state index contributed by atoms with van der Waals surface area (Å²) in [5.41, 5.74) is 1.85. The van der Waals surface area contributed by atoms with Crippen molar-refractivity contribution >= 4 is 12.0 Å². The third kappa shape index (κ3) is 7.34. The molecule has 2 aromatic rings. The summed E-state index contributed by atoms with van der Waals surface area (Å²) in [5, 5.41) is 12.3. The Morgan fingerprint density at radius 2 is 1.79 bits per heavy atom. The maximum Gasteiger partial charge on any atom is 0.261 e. The fourth-order valence-electron chi connectivity index (χ4n) is 2.65. The van der Waals surface area contributed by atoms with Gasteiger partial charge in [0.1, 0.15) is 23.1 Å². The first-order chi connectivity index (χ1) is 14.2. The lowest BCUT2D eigenvalue weighted by Gasteiger charge is -2.12. The standard InChI is InChI=1S/C24H28N2O3/c1-3-14-28-22-11-10-20(23(17-22)29-15-4-2)16-21(18-25)24(27)26-13-12-19-8-6-5-7-9-19/h5-11,16-17H,3-4,12-15H2,1-2H3,(H,26,27). The zero-order valence-corrected chi connectivity index (χ0v) is 17.1. The van der Waals surface area contributed by atoms with Crippen molar-refractivity contribution < 1.29 is 14.3 Å². The van der Waals surface area contributed by atoms with Gasteiger partial charge >= 0.3 is 0 Å². The summed E-state index contributed by atoms with van der Waals surface area (Å²) in [6, 6.07) is 17.3. The third-order valence-corrected chi connectivity index (χ3v) is 4.13. The van der Waals surface area contributed by atoms with Gasteiger partial charge in [-0.1, -0.05) is 44.2 Å². The Balaban J connectivity index is 2.10. The summed E-state index contributed by atoms with van der Waals surface area (Å²) < 4.78 is 11.5. The smallest absolute Gasteiger partial charge is 0.261 e. The Bertz CT molecular complexity index is 854. The van der Waals surface area contributed by atoms with Crippen molar-refractivity contribution in [1.82, 2.24) is 5.32 Å². The number of hydrogen-bond acceptors (Lipinski definition) is 4. The Morgan fingerprint density at radius 3 is 2.48 bits per heavy atom. The lowest BCUT2D eigenvalue weighted by atomic mass is 10.1. The van der Waals surface area contributed by atoms with Crippen molar-refractivity contribution in [2.75, 3.05) is 19.8 Å². The number of benzene rings is 2. The number of amides is 1. The van der Waals surface area contributed by atoms with Crippen LogP contribution in [0.3, 0.4) is 0 Å². The van der Waals surface area contributed by atoms with E-state index in [0.717, 1.165) is 18.4 Å². The van der Waals surface area contributed by atoms with Crippen molar-refractivity contribution in [3.05, 3.63) is 65.2 Å². The molecule has 5 nitrogen and oxygen atoms in total. The highest BCUT2D eigenvalue weighted by Crippen LogP contribution is 2.27. The van der Waals surface area contributed by atoms with E-state index in [1.807, 2.05) is 62.4 Å². The van der Waals surface area contributed by atoms with Crippen molar-refractivity contribution in [3.8, 4) is 17.6 Å². The number of ether oxygens (including phenoxy) is 2. The summed E-state index contributed by atoms with van der Waals surface area (Å²) >= 11 is 0. The van der Waals surface area contributed by atoms with Gasteiger partial charge in [-0.15, -0.1) is 0 Å². The second-order valence-corrected chi connectivity index (χ2v) is 6.56. The molecular weight excluding hydrogens is 364 g/mol. The predicted molar refractivity (Wildman–Crippen MR) is 115 cm³/mol. The number of hydrogen-bond donors (Lipinski definition) is 1.